The number of fused-ring (bicyclic) bond motifs is 2. The molecular weight excluding hydrogens is 1080 g/mol. The first-order valence-corrected chi connectivity index (χ1v) is 30.8. The number of hydroxylamine groups is 4. The van der Waals surface area contributed by atoms with E-state index in [1.165, 1.54) is 11.1 Å². The summed E-state index contributed by atoms with van der Waals surface area (Å²) in [6.07, 6.45) is 7.45. The monoisotopic (exact) mass is 1150 g/mol. The Kier molecular flexibility index (Phi) is 21.9. The highest BCUT2D eigenvalue weighted by Gasteiger charge is 2.24. The SMILES string of the molecule is CCCOc1ccc(S(=O)ON2CCOCC2)cc1-c1nc2c(C(C)CCCc3ccccc3)cccc2c(=O)[nH]1.CCCOc1ccc(S(=O)ON2CCOCC2)cc1-c1nc2c(C(CC)CCc3ccccc3)cccc2c(=O)[nH]1. The van der Waals surface area contributed by atoms with Gasteiger partial charge in [-0.25, -0.2) is 18.4 Å². The first-order chi connectivity index (χ1) is 40.1. The number of nitrogens with one attached hydrogen (secondary N) is 2. The number of hydrogen-bond donors (Lipinski definition) is 2. The number of nitrogens with zero attached hydrogens (tertiary/aromatic N) is 4. The van der Waals surface area contributed by atoms with Crippen molar-refractivity contribution >= 4 is 44.0 Å². The summed E-state index contributed by atoms with van der Waals surface area (Å²) >= 11 is -3.50. The molecule has 0 aliphatic carbocycles. The van der Waals surface area contributed by atoms with E-state index < -0.39 is 22.2 Å². The topological polar surface area (TPSA) is 187 Å². The maximum Gasteiger partial charge on any atom is 0.259 e. The van der Waals surface area contributed by atoms with Crippen LogP contribution in [0, 0.1) is 0 Å². The highest BCUT2D eigenvalue weighted by molar-refractivity contribution is 7.80. The Morgan fingerprint density at radius 1 is 0.561 bits per heavy atom. The minimum absolute atomic E-state index is 0.209. The molecule has 2 N–H and O–H groups in total. The lowest BCUT2D eigenvalue weighted by molar-refractivity contribution is -0.109. The van der Waals surface area contributed by atoms with Crippen molar-refractivity contribution < 1.29 is 35.9 Å². The largest absolute Gasteiger partial charge is 0.493 e. The Morgan fingerprint density at radius 2 is 1.02 bits per heavy atom. The third-order valence-corrected chi connectivity index (χ3v) is 16.5. The molecular formula is C64H74N6O10S2. The summed E-state index contributed by atoms with van der Waals surface area (Å²) < 4.78 is 60.4. The predicted molar refractivity (Wildman–Crippen MR) is 323 cm³/mol. The van der Waals surface area contributed by atoms with Crippen molar-refractivity contribution in [2.75, 3.05) is 65.8 Å². The van der Waals surface area contributed by atoms with E-state index in [4.69, 9.17) is 37.5 Å². The Labute approximate surface area is 484 Å². The zero-order valence-electron chi connectivity index (χ0n) is 47.3. The molecule has 2 aliphatic rings. The lowest BCUT2D eigenvalue weighted by atomic mass is 9.89. The predicted octanol–water partition coefficient (Wildman–Crippen LogP) is 11.6. The van der Waals surface area contributed by atoms with Crippen molar-refractivity contribution in [3.8, 4) is 34.3 Å². The first-order valence-electron chi connectivity index (χ1n) is 28.6. The third kappa shape index (κ3) is 15.7. The van der Waals surface area contributed by atoms with Crippen LogP contribution in [-0.2, 0) is 53.0 Å². The number of benzene rings is 6. The van der Waals surface area contributed by atoms with Crippen LogP contribution in [0.1, 0.15) is 100 Å². The highest BCUT2D eigenvalue weighted by Crippen LogP contribution is 2.36. The van der Waals surface area contributed by atoms with E-state index in [2.05, 4.69) is 84.5 Å². The molecule has 4 atom stereocenters. The molecule has 0 radical (unpaired) electrons. The van der Waals surface area contributed by atoms with E-state index in [1.54, 1.807) is 52.6 Å². The quantitative estimate of drug-likeness (QED) is 0.0582. The van der Waals surface area contributed by atoms with Gasteiger partial charge >= 0.3 is 0 Å². The van der Waals surface area contributed by atoms with Crippen molar-refractivity contribution in [2.45, 2.75) is 101 Å². The van der Waals surface area contributed by atoms with Crippen molar-refractivity contribution in [3.63, 3.8) is 0 Å². The third-order valence-electron chi connectivity index (χ3n) is 14.6. The van der Waals surface area contributed by atoms with Gasteiger partial charge in [-0.05, 0) is 134 Å². The second-order valence-electron chi connectivity index (χ2n) is 20.4. The van der Waals surface area contributed by atoms with E-state index >= 15 is 0 Å². The zero-order valence-corrected chi connectivity index (χ0v) is 48.9. The Balaban J connectivity index is 0.000000198. The molecule has 2 aliphatic heterocycles. The van der Waals surface area contributed by atoms with Crippen molar-refractivity contribution in [2.24, 2.45) is 0 Å². The Morgan fingerprint density at radius 3 is 1.50 bits per heavy atom. The standard InChI is InChI=1S/2C32H37N3O5S/c1-3-19-39-29-16-15-25(41(37)40-35-17-20-38-21-18-35)22-28(29)31-33-30-26(13-8-14-27(30)32(36)34-31)23(2)9-7-12-24-10-5-4-6-11-24;1-3-19-39-29-16-15-25(41(37)40-35-17-20-38-21-18-35)22-28(29)31-33-30-26(11-8-12-27(30)32(36)34-31)24(4-2)14-13-23-9-6-5-7-10-23/h4-6,8,10-11,13-16,22-23H,3,7,9,12,17-21H2,1-2H3,(H,33,34,36);5-12,15-16,22,24H,3-4,13-14,17-21H2,1-2H3,(H,33,34,36). The highest BCUT2D eigenvalue weighted by atomic mass is 32.2. The van der Waals surface area contributed by atoms with Gasteiger partial charge in [0.1, 0.15) is 23.1 Å². The van der Waals surface area contributed by atoms with Crippen LogP contribution in [-0.4, -0.2) is 104 Å². The van der Waals surface area contributed by atoms with Gasteiger partial charge in [-0.1, -0.05) is 113 Å². The molecule has 18 heteroatoms. The van der Waals surface area contributed by atoms with Crippen LogP contribution in [0.5, 0.6) is 11.5 Å². The minimum atomic E-state index is -1.75. The van der Waals surface area contributed by atoms with Crippen LogP contribution in [0.3, 0.4) is 0 Å². The molecule has 0 amide bonds. The molecule has 10 rings (SSSR count). The fourth-order valence-electron chi connectivity index (χ4n) is 10.1. The van der Waals surface area contributed by atoms with Gasteiger partial charge in [0.15, 0.2) is 0 Å². The number of aromatic amines is 2. The van der Waals surface area contributed by atoms with E-state index in [1.807, 2.05) is 44.2 Å². The van der Waals surface area contributed by atoms with E-state index in [0.717, 1.165) is 62.5 Å². The lowest BCUT2D eigenvalue weighted by Gasteiger charge is -2.24. The van der Waals surface area contributed by atoms with Crippen molar-refractivity contribution in [1.29, 1.82) is 0 Å². The van der Waals surface area contributed by atoms with E-state index in [-0.39, 0.29) is 23.0 Å². The van der Waals surface area contributed by atoms with Gasteiger partial charge in [0, 0.05) is 26.2 Å². The van der Waals surface area contributed by atoms with Crippen LogP contribution in [0.2, 0.25) is 0 Å². The second-order valence-corrected chi connectivity index (χ2v) is 22.6. The summed E-state index contributed by atoms with van der Waals surface area (Å²) in [7, 11) is 0. The number of para-hydroxylation sites is 2. The zero-order chi connectivity index (χ0) is 57.2. The van der Waals surface area contributed by atoms with Gasteiger partial charge < -0.3 is 28.9 Å². The number of ether oxygens (including phenoxy) is 4. The summed E-state index contributed by atoms with van der Waals surface area (Å²) in [6.45, 7) is 13.7. The molecule has 0 bridgehead atoms. The average Bonchev–Trinajstić information content (AvgIpc) is 3.59. The number of aromatic nitrogens is 4. The van der Waals surface area contributed by atoms with Crippen LogP contribution in [0.4, 0.5) is 0 Å². The molecule has 2 aromatic heterocycles. The summed E-state index contributed by atoms with van der Waals surface area (Å²) in [5, 5.41) is 4.41. The summed E-state index contributed by atoms with van der Waals surface area (Å²) in [4.78, 5) is 43.5. The lowest BCUT2D eigenvalue weighted by Crippen LogP contribution is -2.36. The van der Waals surface area contributed by atoms with Crippen molar-refractivity contribution in [1.82, 2.24) is 30.1 Å². The first kappa shape index (κ1) is 59.9. The number of rotatable bonds is 24. The molecule has 6 aromatic carbocycles. The molecule has 82 heavy (non-hydrogen) atoms. The maximum absolute atomic E-state index is 13.4. The van der Waals surface area contributed by atoms with Gasteiger partial charge in [-0.3, -0.25) is 9.59 Å². The molecule has 2 fully saturated rings. The normalized spacial score (nSPS) is 15.6. The second kappa shape index (κ2) is 30.0. The van der Waals surface area contributed by atoms with Gasteiger partial charge in [-0.2, -0.15) is 18.7 Å². The van der Waals surface area contributed by atoms with Crippen LogP contribution < -0.4 is 20.6 Å². The van der Waals surface area contributed by atoms with E-state index in [0.29, 0.717) is 132 Å². The smallest absolute Gasteiger partial charge is 0.259 e. The van der Waals surface area contributed by atoms with Gasteiger partial charge in [0.05, 0.1) is 82.4 Å². The number of H-pyrrole nitrogens is 2. The molecule has 2 saturated heterocycles. The Bertz CT molecular complexity index is 3540. The van der Waals surface area contributed by atoms with Crippen LogP contribution in [0.25, 0.3) is 44.6 Å². The van der Waals surface area contributed by atoms with Crippen molar-refractivity contribution in [3.05, 3.63) is 176 Å². The molecule has 4 unspecified atom stereocenters. The van der Waals surface area contributed by atoms with Crippen LogP contribution >= 0.6 is 0 Å². The average molecular weight is 1150 g/mol. The fraction of sp³-hybridized carbons (Fsp3) is 0.375. The molecule has 4 heterocycles. The summed E-state index contributed by atoms with van der Waals surface area (Å²) in [5.41, 5.74) is 6.77. The molecule has 8 aromatic rings. The number of morpholine rings is 2. The van der Waals surface area contributed by atoms with E-state index in [9.17, 15) is 18.0 Å². The van der Waals surface area contributed by atoms with Gasteiger partial charge in [0.2, 0.25) is 22.2 Å². The Hall–Kier alpha value is -6.74. The molecule has 432 valence electrons. The van der Waals surface area contributed by atoms with Gasteiger partial charge in [-0.15, -0.1) is 0 Å². The van der Waals surface area contributed by atoms with Crippen LogP contribution in [0.15, 0.2) is 153 Å². The summed E-state index contributed by atoms with van der Waals surface area (Å²) in [6, 6.07) is 43.0. The van der Waals surface area contributed by atoms with Gasteiger partial charge in [0.25, 0.3) is 11.1 Å². The fourth-order valence-corrected chi connectivity index (χ4v) is 11.8. The summed E-state index contributed by atoms with van der Waals surface area (Å²) in [5.74, 6) is 2.33. The number of hydrogen-bond acceptors (Lipinski definition) is 14. The molecule has 16 nitrogen and oxygen atoms in total. The molecule has 0 spiro atoms. The number of aryl methyl sites for hydroxylation is 2. The molecule has 0 saturated carbocycles. The maximum atomic E-state index is 13.4. The minimum Gasteiger partial charge on any atom is -0.493 e.